The predicted octanol–water partition coefficient (Wildman–Crippen LogP) is 3.56. The number of hydrogen-bond acceptors (Lipinski definition) is 11. The zero-order chi connectivity index (χ0) is 37.5. The highest BCUT2D eigenvalue weighted by atomic mass is 19.1. The van der Waals surface area contributed by atoms with Crippen molar-refractivity contribution in [1.82, 2.24) is 25.1 Å². The van der Waals surface area contributed by atoms with Crippen LogP contribution in [-0.2, 0) is 9.59 Å². The van der Waals surface area contributed by atoms with Crippen molar-refractivity contribution in [3.05, 3.63) is 70.8 Å². The molecule has 2 atom stereocenters. The first-order chi connectivity index (χ1) is 26.1. The first-order valence-electron chi connectivity index (χ1n) is 18.9. The lowest BCUT2D eigenvalue weighted by Crippen LogP contribution is -2.54. The van der Waals surface area contributed by atoms with E-state index in [2.05, 4.69) is 42.5 Å². The van der Waals surface area contributed by atoms with Crippen molar-refractivity contribution in [2.24, 2.45) is 11.7 Å². The lowest BCUT2D eigenvalue weighted by Gasteiger charge is -2.34. The van der Waals surface area contributed by atoms with Crippen molar-refractivity contribution in [2.45, 2.75) is 63.3 Å². The first-order valence-corrected chi connectivity index (χ1v) is 18.9. The Balaban J connectivity index is 0.841. The van der Waals surface area contributed by atoms with Crippen LogP contribution >= 0.6 is 0 Å². The van der Waals surface area contributed by atoms with Gasteiger partial charge < -0.3 is 25.8 Å². The van der Waals surface area contributed by atoms with Crippen molar-refractivity contribution < 1.29 is 28.4 Å². The van der Waals surface area contributed by atoms with Crippen LogP contribution in [-0.4, -0.2) is 101 Å². The Labute approximate surface area is 312 Å². The van der Waals surface area contributed by atoms with E-state index >= 15 is 0 Å². The minimum atomic E-state index is -0.977. The van der Waals surface area contributed by atoms with Crippen LogP contribution in [0.5, 0.6) is 0 Å². The zero-order valence-corrected chi connectivity index (χ0v) is 30.1. The van der Waals surface area contributed by atoms with E-state index in [0.717, 1.165) is 81.8 Å². The monoisotopic (exact) mass is 737 g/mol. The van der Waals surface area contributed by atoms with Crippen molar-refractivity contribution in [2.75, 3.05) is 60.9 Å². The molecule has 8 rings (SSSR count). The van der Waals surface area contributed by atoms with Crippen LogP contribution < -0.4 is 26.2 Å². The van der Waals surface area contributed by atoms with E-state index in [0.29, 0.717) is 41.7 Å². The summed E-state index contributed by atoms with van der Waals surface area (Å²) in [6.07, 6.45) is 6.29. The number of nitrogens with one attached hydrogen (secondary N) is 2. The molecule has 282 valence electrons. The van der Waals surface area contributed by atoms with Gasteiger partial charge in [0.15, 0.2) is 17.3 Å². The fourth-order valence-corrected chi connectivity index (χ4v) is 8.63. The molecule has 5 amide bonds. The number of halogens is 1. The van der Waals surface area contributed by atoms with E-state index in [9.17, 15) is 28.4 Å². The molecular weight excluding hydrogens is 693 g/mol. The van der Waals surface area contributed by atoms with E-state index < -0.39 is 41.5 Å². The van der Waals surface area contributed by atoms with Crippen molar-refractivity contribution in [3.63, 3.8) is 0 Å². The average molecular weight is 738 g/mol. The molecule has 0 radical (unpaired) electrons. The molecule has 4 fully saturated rings. The van der Waals surface area contributed by atoms with Gasteiger partial charge in [-0.15, -0.1) is 0 Å². The van der Waals surface area contributed by atoms with Gasteiger partial charge in [-0.3, -0.25) is 34.2 Å². The van der Waals surface area contributed by atoms with Crippen LogP contribution in [0.1, 0.15) is 94.1 Å². The summed E-state index contributed by atoms with van der Waals surface area (Å²) in [7, 11) is 0. The number of fused-ring (bicyclic) bond motifs is 1. The molecule has 5 aliphatic heterocycles. The number of primary amides is 1. The van der Waals surface area contributed by atoms with Gasteiger partial charge in [0, 0.05) is 50.5 Å². The number of carbonyl (C=O) groups excluding carboxylic acids is 5. The van der Waals surface area contributed by atoms with Crippen LogP contribution in [0.2, 0.25) is 0 Å². The van der Waals surface area contributed by atoms with Crippen LogP contribution in [0.25, 0.3) is 0 Å². The number of hydrogen-bond donors (Lipinski definition) is 3. The fraction of sp³-hybridized carbons (Fsp3) is 0.462. The Morgan fingerprint density at radius 3 is 2.31 bits per heavy atom. The number of benzene rings is 2. The summed E-state index contributed by atoms with van der Waals surface area (Å²) in [6, 6.07) is 12.4. The average Bonchev–Trinajstić information content (AvgIpc) is 3.74. The summed E-state index contributed by atoms with van der Waals surface area (Å²) in [5.74, 6) is -2.47. The normalized spacial score (nSPS) is 22.5. The van der Waals surface area contributed by atoms with Gasteiger partial charge in [0.1, 0.15) is 6.04 Å². The highest BCUT2D eigenvalue weighted by molar-refractivity contribution is 6.23. The second kappa shape index (κ2) is 14.8. The SMILES string of the molecule is NC(=O)c1nc(F)c(N2CCCCC2)nc1Nc1ccc(C2CCN(CC3CCN(c4ccc5c(c4)C(=O)N(C4CCC(=O)NC4=O)C5=O)C3)CC2)cc1. The number of carbonyl (C=O) groups is 5. The molecule has 54 heavy (non-hydrogen) atoms. The van der Waals surface area contributed by atoms with E-state index in [4.69, 9.17) is 5.73 Å². The van der Waals surface area contributed by atoms with Gasteiger partial charge in [0.05, 0.1) is 11.1 Å². The third-order valence-corrected chi connectivity index (χ3v) is 11.5. The fourth-order valence-electron chi connectivity index (χ4n) is 8.63. The minimum Gasteiger partial charge on any atom is -0.371 e. The number of anilines is 4. The number of likely N-dealkylation sites (tertiary alicyclic amines) is 1. The van der Waals surface area contributed by atoms with E-state index in [1.54, 1.807) is 12.1 Å². The molecule has 4 saturated heterocycles. The van der Waals surface area contributed by atoms with Gasteiger partial charge in [-0.25, -0.2) is 9.97 Å². The largest absolute Gasteiger partial charge is 0.371 e. The van der Waals surface area contributed by atoms with E-state index in [1.807, 2.05) is 23.1 Å². The summed E-state index contributed by atoms with van der Waals surface area (Å²) in [5, 5.41) is 5.39. The van der Waals surface area contributed by atoms with E-state index in [-0.39, 0.29) is 30.2 Å². The molecule has 2 aromatic carbocycles. The van der Waals surface area contributed by atoms with Crippen molar-refractivity contribution in [3.8, 4) is 0 Å². The second-order valence-electron chi connectivity index (χ2n) is 15.0. The van der Waals surface area contributed by atoms with Gasteiger partial charge >= 0.3 is 0 Å². The van der Waals surface area contributed by atoms with Crippen LogP contribution in [0.4, 0.5) is 27.4 Å². The molecule has 15 heteroatoms. The molecule has 5 aliphatic rings. The number of nitrogens with two attached hydrogens (primary N) is 1. The Bertz CT molecular complexity index is 1990. The molecule has 3 aromatic rings. The second-order valence-corrected chi connectivity index (χ2v) is 15.0. The summed E-state index contributed by atoms with van der Waals surface area (Å²) in [4.78, 5) is 78.6. The number of imide groups is 2. The van der Waals surface area contributed by atoms with Gasteiger partial charge in [0.2, 0.25) is 11.8 Å². The molecule has 0 spiro atoms. The quantitative estimate of drug-likeness (QED) is 0.274. The Kier molecular flexibility index (Phi) is 9.73. The number of aromatic nitrogens is 2. The Morgan fingerprint density at radius 1 is 0.852 bits per heavy atom. The number of piperidine rings is 3. The zero-order valence-electron chi connectivity index (χ0n) is 30.1. The highest BCUT2D eigenvalue weighted by Crippen LogP contribution is 2.35. The number of amides is 5. The number of nitrogens with zero attached hydrogens (tertiary/aromatic N) is 6. The highest BCUT2D eigenvalue weighted by Gasteiger charge is 2.45. The van der Waals surface area contributed by atoms with Crippen LogP contribution in [0.3, 0.4) is 0 Å². The minimum absolute atomic E-state index is 0.0876. The summed E-state index contributed by atoms with van der Waals surface area (Å²) >= 11 is 0. The maximum absolute atomic E-state index is 14.8. The number of rotatable bonds is 9. The molecule has 1 aromatic heterocycles. The Hall–Kier alpha value is -5.44. The van der Waals surface area contributed by atoms with Crippen LogP contribution in [0, 0.1) is 11.9 Å². The maximum atomic E-state index is 14.8. The van der Waals surface area contributed by atoms with Crippen LogP contribution in [0.15, 0.2) is 42.5 Å². The molecule has 6 heterocycles. The summed E-state index contributed by atoms with van der Waals surface area (Å²) in [6.45, 7) is 6.03. The molecule has 2 unspecified atom stereocenters. The molecule has 4 N–H and O–H groups in total. The van der Waals surface area contributed by atoms with E-state index in [1.165, 1.54) is 5.56 Å². The molecule has 0 aliphatic carbocycles. The van der Waals surface area contributed by atoms with Crippen molar-refractivity contribution in [1.29, 1.82) is 0 Å². The predicted molar refractivity (Wildman–Crippen MR) is 198 cm³/mol. The lowest BCUT2D eigenvalue weighted by molar-refractivity contribution is -0.136. The Morgan fingerprint density at radius 2 is 1.59 bits per heavy atom. The third-order valence-electron chi connectivity index (χ3n) is 11.5. The molecule has 0 bridgehead atoms. The molecular formula is C39H44FN9O5. The summed E-state index contributed by atoms with van der Waals surface area (Å²) < 4.78 is 14.8. The summed E-state index contributed by atoms with van der Waals surface area (Å²) in [5.41, 5.74) is 8.73. The molecule has 14 nitrogen and oxygen atoms in total. The lowest BCUT2D eigenvalue weighted by atomic mass is 9.89. The standard InChI is InChI=1S/C39H44FN9O5/c40-33-36(47-15-2-1-3-16-47)45-35(32(44-33)34(41)51)42-26-6-4-24(5-7-26)25-13-17-46(18-14-25)21-23-12-19-48(22-23)27-8-9-28-29(20-27)39(54)49(38(28)53)30-10-11-31(50)43-37(30)52/h4-9,20,23,25,30H,1-3,10-19,21-22H2,(H2,41,51)(H,42,45)(H,43,50,52). The van der Waals surface area contributed by atoms with Gasteiger partial charge in [-0.05, 0) is 106 Å². The van der Waals surface area contributed by atoms with Gasteiger partial charge in [-0.1, -0.05) is 12.1 Å². The van der Waals surface area contributed by atoms with Gasteiger partial charge in [0.25, 0.3) is 23.7 Å². The third kappa shape index (κ3) is 6.99. The smallest absolute Gasteiger partial charge is 0.271 e. The molecule has 0 saturated carbocycles. The topological polar surface area (TPSA) is 174 Å². The maximum Gasteiger partial charge on any atom is 0.271 e. The van der Waals surface area contributed by atoms with Gasteiger partial charge in [-0.2, -0.15) is 4.39 Å². The van der Waals surface area contributed by atoms with Crippen molar-refractivity contribution >= 4 is 52.5 Å². The first kappa shape index (κ1) is 35.6.